The highest BCUT2D eigenvalue weighted by atomic mass is 16.5. The fraction of sp³-hybridized carbons (Fsp3) is 1.00. The van der Waals surface area contributed by atoms with Gasteiger partial charge in [-0.25, -0.2) is 0 Å². The van der Waals surface area contributed by atoms with E-state index in [1.165, 1.54) is 0 Å². The van der Waals surface area contributed by atoms with Crippen molar-refractivity contribution >= 4 is 0 Å². The summed E-state index contributed by atoms with van der Waals surface area (Å²) in [5, 5.41) is 28.0. The van der Waals surface area contributed by atoms with Crippen LogP contribution in [0.25, 0.3) is 0 Å². The average molecular weight is 191 g/mol. The predicted octanol–water partition coefficient (Wildman–Crippen LogP) is -1.79. The first kappa shape index (κ1) is 10.9. The molecule has 0 radical (unpaired) electrons. The highest BCUT2D eigenvalue weighted by molar-refractivity contribution is 4.86. The Kier molecular flexibility index (Phi) is 4.08. The van der Waals surface area contributed by atoms with Gasteiger partial charge in [-0.05, 0) is 0 Å². The maximum absolute atomic E-state index is 9.45. The molecule has 78 valence electrons. The fourth-order valence-electron chi connectivity index (χ4n) is 1.56. The van der Waals surface area contributed by atoms with Gasteiger partial charge in [0, 0.05) is 19.4 Å². The van der Waals surface area contributed by atoms with Gasteiger partial charge in [-0.1, -0.05) is 0 Å². The third-order valence-corrected chi connectivity index (χ3v) is 2.24. The standard InChI is InChI=1S/C8H17NO4/c9-1-2-13-7-4-5(10)3-6(11)8(7)12/h5-8,10-12H,1-4,9H2/t5-,6-,7-,8-/m1/s1. The van der Waals surface area contributed by atoms with Crippen LogP contribution in [0.2, 0.25) is 0 Å². The van der Waals surface area contributed by atoms with E-state index in [4.69, 9.17) is 10.5 Å². The molecule has 1 aliphatic carbocycles. The van der Waals surface area contributed by atoms with Gasteiger partial charge in [0.1, 0.15) is 6.10 Å². The normalized spacial score (nSPS) is 40.6. The van der Waals surface area contributed by atoms with Crippen LogP contribution in [0.15, 0.2) is 0 Å². The second-order valence-electron chi connectivity index (χ2n) is 3.38. The third kappa shape index (κ3) is 2.89. The van der Waals surface area contributed by atoms with Crippen molar-refractivity contribution < 1.29 is 20.1 Å². The van der Waals surface area contributed by atoms with Gasteiger partial charge in [-0.15, -0.1) is 0 Å². The predicted molar refractivity (Wildman–Crippen MR) is 46.0 cm³/mol. The molecule has 0 amide bonds. The first-order valence-electron chi connectivity index (χ1n) is 4.51. The van der Waals surface area contributed by atoms with Crippen molar-refractivity contribution in [1.82, 2.24) is 0 Å². The van der Waals surface area contributed by atoms with Gasteiger partial charge < -0.3 is 25.8 Å². The Hall–Kier alpha value is -0.200. The lowest BCUT2D eigenvalue weighted by Crippen LogP contribution is -2.47. The van der Waals surface area contributed by atoms with E-state index in [1.807, 2.05) is 0 Å². The van der Waals surface area contributed by atoms with E-state index >= 15 is 0 Å². The van der Waals surface area contributed by atoms with Gasteiger partial charge in [0.05, 0.1) is 24.9 Å². The Morgan fingerprint density at radius 3 is 2.54 bits per heavy atom. The van der Waals surface area contributed by atoms with Crippen LogP contribution >= 0.6 is 0 Å². The van der Waals surface area contributed by atoms with Crippen molar-refractivity contribution in [1.29, 1.82) is 0 Å². The largest absolute Gasteiger partial charge is 0.393 e. The Labute approximate surface area is 77.1 Å². The van der Waals surface area contributed by atoms with Crippen molar-refractivity contribution in [2.45, 2.75) is 37.3 Å². The van der Waals surface area contributed by atoms with Gasteiger partial charge >= 0.3 is 0 Å². The highest BCUT2D eigenvalue weighted by Gasteiger charge is 2.35. The minimum absolute atomic E-state index is 0.212. The Balaban J connectivity index is 2.41. The molecule has 1 rings (SSSR count). The minimum atomic E-state index is -0.907. The molecule has 0 saturated heterocycles. The van der Waals surface area contributed by atoms with Crippen LogP contribution in [0.1, 0.15) is 12.8 Å². The molecule has 0 heterocycles. The monoisotopic (exact) mass is 191 g/mol. The number of rotatable bonds is 3. The first-order chi connectivity index (χ1) is 6.15. The summed E-state index contributed by atoms with van der Waals surface area (Å²) in [6, 6.07) is 0. The smallest absolute Gasteiger partial charge is 0.106 e. The van der Waals surface area contributed by atoms with Crippen molar-refractivity contribution in [2.75, 3.05) is 13.2 Å². The summed E-state index contributed by atoms with van der Waals surface area (Å²) in [7, 11) is 0. The van der Waals surface area contributed by atoms with E-state index < -0.39 is 24.4 Å². The molecule has 0 aromatic carbocycles. The quantitative estimate of drug-likeness (QED) is 0.422. The fourth-order valence-corrected chi connectivity index (χ4v) is 1.56. The summed E-state index contributed by atoms with van der Waals surface area (Å²) in [6.07, 6.45) is -2.33. The minimum Gasteiger partial charge on any atom is -0.393 e. The number of aliphatic hydroxyl groups is 3. The highest BCUT2D eigenvalue weighted by Crippen LogP contribution is 2.22. The maximum Gasteiger partial charge on any atom is 0.106 e. The van der Waals surface area contributed by atoms with Gasteiger partial charge in [0.15, 0.2) is 0 Å². The SMILES string of the molecule is NCCO[C@@H]1C[C@H](O)C[C@@H](O)[C@H]1O. The van der Waals surface area contributed by atoms with E-state index in [0.717, 1.165) is 0 Å². The molecular weight excluding hydrogens is 174 g/mol. The molecule has 5 nitrogen and oxygen atoms in total. The lowest BCUT2D eigenvalue weighted by molar-refractivity contribution is -0.138. The molecule has 1 saturated carbocycles. The molecule has 5 N–H and O–H groups in total. The molecule has 1 aliphatic rings. The second-order valence-corrected chi connectivity index (χ2v) is 3.38. The molecule has 0 spiro atoms. The summed E-state index contributed by atoms with van der Waals surface area (Å²) in [5.41, 5.74) is 5.23. The van der Waals surface area contributed by atoms with E-state index in [1.54, 1.807) is 0 Å². The number of hydrogen-bond donors (Lipinski definition) is 4. The second kappa shape index (κ2) is 4.88. The molecule has 0 aliphatic heterocycles. The first-order valence-corrected chi connectivity index (χ1v) is 4.51. The van der Waals surface area contributed by atoms with Crippen LogP contribution in [0.3, 0.4) is 0 Å². The van der Waals surface area contributed by atoms with Gasteiger partial charge in [-0.3, -0.25) is 0 Å². The number of ether oxygens (including phenoxy) is 1. The molecular formula is C8H17NO4. The summed E-state index contributed by atoms with van der Waals surface area (Å²) in [5.74, 6) is 0. The Bertz CT molecular complexity index is 155. The van der Waals surface area contributed by atoms with Crippen molar-refractivity contribution in [3.05, 3.63) is 0 Å². The van der Waals surface area contributed by atoms with Gasteiger partial charge in [-0.2, -0.15) is 0 Å². The summed E-state index contributed by atoms with van der Waals surface area (Å²) in [6.45, 7) is 0.705. The van der Waals surface area contributed by atoms with Crippen LogP contribution in [0.5, 0.6) is 0 Å². The maximum atomic E-state index is 9.45. The average Bonchev–Trinajstić information content (AvgIpc) is 2.09. The number of aliphatic hydroxyl groups excluding tert-OH is 3. The zero-order valence-electron chi connectivity index (χ0n) is 7.47. The molecule has 0 bridgehead atoms. The van der Waals surface area contributed by atoms with Crippen LogP contribution < -0.4 is 5.73 Å². The van der Waals surface area contributed by atoms with Crippen LogP contribution in [-0.2, 0) is 4.74 Å². The zero-order chi connectivity index (χ0) is 9.84. The molecule has 13 heavy (non-hydrogen) atoms. The van der Waals surface area contributed by atoms with Crippen molar-refractivity contribution in [3.8, 4) is 0 Å². The van der Waals surface area contributed by atoms with Crippen LogP contribution in [-0.4, -0.2) is 52.9 Å². The Morgan fingerprint density at radius 1 is 1.23 bits per heavy atom. The molecule has 5 heteroatoms. The number of hydrogen-bond acceptors (Lipinski definition) is 5. The molecule has 0 unspecified atom stereocenters. The lowest BCUT2D eigenvalue weighted by Gasteiger charge is -2.34. The third-order valence-electron chi connectivity index (χ3n) is 2.24. The van der Waals surface area contributed by atoms with Gasteiger partial charge in [0.25, 0.3) is 0 Å². The van der Waals surface area contributed by atoms with Crippen molar-refractivity contribution in [3.63, 3.8) is 0 Å². The van der Waals surface area contributed by atoms with E-state index in [-0.39, 0.29) is 6.42 Å². The van der Waals surface area contributed by atoms with Crippen molar-refractivity contribution in [2.24, 2.45) is 5.73 Å². The van der Waals surface area contributed by atoms with Crippen LogP contribution in [0.4, 0.5) is 0 Å². The van der Waals surface area contributed by atoms with E-state index in [0.29, 0.717) is 19.6 Å². The van der Waals surface area contributed by atoms with Gasteiger partial charge in [0.2, 0.25) is 0 Å². The summed E-state index contributed by atoms with van der Waals surface area (Å²) < 4.78 is 5.19. The zero-order valence-corrected chi connectivity index (χ0v) is 7.47. The summed E-state index contributed by atoms with van der Waals surface area (Å²) in [4.78, 5) is 0. The molecule has 0 aromatic rings. The molecule has 4 atom stereocenters. The number of nitrogens with two attached hydrogens (primary N) is 1. The van der Waals surface area contributed by atoms with E-state index in [9.17, 15) is 15.3 Å². The topological polar surface area (TPSA) is 95.9 Å². The van der Waals surface area contributed by atoms with Crippen LogP contribution in [0, 0.1) is 0 Å². The van der Waals surface area contributed by atoms with E-state index in [2.05, 4.69) is 0 Å². The summed E-state index contributed by atoms with van der Waals surface area (Å²) >= 11 is 0. The molecule has 0 aromatic heterocycles. The molecule has 1 fully saturated rings. The Morgan fingerprint density at radius 2 is 1.92 bits per heavy atom. The lowest BCUT2D eigenvalue weighted by atomic mass is 9.90.